The molecule has 0 aromatic heterocycles. The van der Waals surface area contributed by atoms with E-state index in [0.29, 0.717) is 6.42 Å². The number of hydrogen-bond donors (Lipinski definition) is 6. The number of ether oxygens (including phenoxy) is 3. The molecule has 0 spiro atoms. The lowest BCUT2D eigenvalue weighted by atomic mass is 9.81. The van der Waals surface area contributed by atoms with E-state index in [9.17, 15) is 10.2 Å². The first kappa shape index (κ1) is 20.0. The average molecular weight is 348 g/mol. The van der Waals surface area contributed by atoms with Crippen LogP contribution in [0.15, 0.2) is 0 Å². The van der Waals surface area contributed by atoms with Gasteiger partial charge in [-0.3, -0.25) is 0 Å². The van der Waals surface area contributed by atoms with Crippen LogP contribution in [0.5, 0.6) is 0 Å². The van der Waals surface area contributed by atoms with Gasteiger partial charge in [0, 0.05) is 13.2 Å². The van der Waals surface area contributed by atoms with Crippen molar-refractivity contribution in [1.82, 2.24) is 5.32 Å². The Morgan fingerprint density at radius 3 is 2.38 bits per heavy atom. The smallest absolute Gasteiger partial charge is 0.173 e. The van der Waals surface area contributed by atoms with Crippen LogP contribution in [0, 0.1) is 0 Å². The monoisotopic (exact) mass is 348 g/mol. The van der Waals surface area contributed by atoms with Crippen LogP contribution in [0.4, 0.5) is 0 Å². The molecule has 1 saturated heterocycles. The predicted molar refractivity (Wildman–Crippen MR) is 88.0 cm³/mol. The lowest BCUT2D eigenvalue weighted by Crippen LogP contribution is -2.71. The third kappa shape index (κ3) is 3.90. The number of hydrogen-bond acceptors (Lipinski definition) is 9. The Kier molecular flexibility index (Phi) is 6.94. The molecule has 0 unspecified atom stereocenters. The van der Waals surface area contributed by atoms with Gasteiger partial charge in [-0.1, -0.05) is 0 Å². The molecular formula is C15H32N4O5. The zero-order valence-electron chi connectivity index (χ0n) is 14.5. The van der Waals surface area contributed by atoms with Crippen molar-refractivity contribution in [3.8, 4) is 0 Å². The minimum absolute atomic E-state index is 0.151. The average Bonchev–Trinajstić information content (AvgIpc) is 2.55. The van der Waals surface area contributed by atoms with Crippen LogP contribution >= 0.6 is 0 Å². The highest BCUT2D eigenvalue weighted by Crippen LogP contribution is 2.28. The molecular weight excluding hydrogens is 316 g/mol. The summed E-state index contributed by atoms with van der Waals surface area (Å²) in [4.78, 5) is 0. The maximum absolute atomic E-state index is 10.6. The Balaban J connectivity index is 2.11. The van der Waals surface area contributed by atoms with E-state index < -0.39 is 42.8 Å². The van der Waals surface area contributed by atoms with Crippen LogP contribution < -0.4 is 22.5 Å². The zero-order chi connectivity index (χ0) is 18.0. The summed E-state index contributed by atoms with van der Waals surface area (Å²) >= 11 is 0. The van der Waals surface area contributed by atoms with Crippen molar-refractivity contribution >= 4 is 0 Å². The number of methoxy groups -OCH3 is 1. The number of aliphatic hydroxyl groups is 2. The second-order valence-corrected chi connectivity index (χ2v) is 6.82. The highest BCUT2D eigenvalue weighted by molar-refractivity contribution is 5.05. The normalized spacial score (nSPS) is 48.2. The van der Waals surface area contributed by atoms with E-state index in [1.165, 1.54) is 7.11 Å². The number of nitrogens with one attached hydrogen (secondary N) is 1. The first-order valence-electron chi connectivity index (χ1n) is 8.45. The van der Waals surface area contributed by atoms with Gasteiger partial charge >= 0.3 is 0 Å². The zero-order valence-corrected chi connectivity index (χ0v) is 14.5. The minimum atomic E-state index is -0.995. The van der Waals surface area contributed by atoms with Crippen molar-refractivity contribution in [3.05, 3.63) is 0 Å². The molecule has 2 aliphatic rings. The van der Waals surface area contributed by atoms with Gasteiger partial charge < -0.3 is 46.9 Å². The summed E-state index contributed by atoms with van der Waals surface area (Å²) in [7, 11) is 3.14. The maximum atomic E-state index is 10.6. The van der Waals surface area contributed by atoms with Crippen LogP contribution in [0.3, 0.4) is 0 Å². The fraction of sp³-hybridized carbons (Fsp3) is 1.00. The molecule has 0 amide bonds. The Bertz CT molecular complexity index is 402. The second kappa shape index (κ2) is 8.35. The minimum Gasteiger partial charge on any atom is -0.389 e. The van der Waals surface area contributed by atoms with Gasteiger partial charge in [-0.2, -0.15) is 0 Å². The van der Waals surface area contributed by atoms with E-state index in [-0.39, 0.29) is 18.2 Å². The van der Waals surface area contributed by atoms with Gasteiger partial charge in [0.25, 0.3) is 0 Å². The van der Waals surface area contributed by atoms with Gasteiger partial charge in [0.2, 0.25) is 0 Å². The summed E-state index contributed by atoms with van der Waals surface area (Å²) in [6.07, 6.45) is -2.90. The van der Waals surface area contributed by atoms with Crippen molar-refractivity contribution in [1.29, 1.82) is 0 Å². The number of nitrogens with two attached hydrogens (primary N) is 3. The van der Waals surface area contributed by atoms with E-state index in [1.54, 1.807) is 7.05 Å². The summed E-state index contributed by atoms with van der Waals surface area (Å²) in [5, 5.41) is 24.0. The fourth-order valence-corrected chi connectivity index (χ4v) is 3.55. The predicted octanol–water partition coefficient (Wildman–Crippen LogP) is -2.78. The Morgan fingerprint density at radius 2 is 1.83 bits per heavy atom. The molecule has 0 aromatic rings. The SMILES string of the molecule is CN[C@@H]1[C@@H](O)[C@@H](O[C@H]2O[C@H]([C@H](C)N)CC[C@H]2N)[C@@H](N)[C@H](O)[C@H]1OC. The van der Waals surface area contributed by atoms with E-state index in [4.69, 9.17) is 31.4 Å². The van der Waals surface area contributed by atoms with Crippen LogP contribution in [-0.4, -0.2) is 85.3 Å². The van der Waals surface area contributed by atoms with Crippen molar-refractivity contribution in [2.45, 2.75) is 80.7 Å². The van der Waals surface area contributed by atoms with Crippen molar-refractivity contribution < 1.29 is 24.4 Å². The van der Waals surface area contributed by atoms with Gasteiger partial charge in [0.15, 0.2) is 6.29 Å². The first-order valence-corrected chi connectivity index (χ1v) is 8.45. The molecule has 0 bridgehead atoms. The third-order valence-electron chi connectivity index (χ3n) is 5.10. The molecule has 1 aliphatic carbocycles. The molecule has 10 atom stereocenters. The van der Waals surface area contributed by atoms with Gasteiger partial charge in [-0.25, -0.2) is 0 Å². The largest absolute Gasteiger partial charge is 0.389 e. The summed E-state index contributed by atoms with van der Waals surface area (Å²) in [5.41, 5.74) is 18.1. The molecule has 24 heavy (non-hydrogen) atoms. The van der Waals surface area contributed by atoms with Gasteiger partial charge in [0.05, 0.1) is 36.4 Å². The molecule has 0 aromatic carbocycles. The Labute approximate surface area is 142 Å². The summed E-state index contributed by atoms with van der Waals surface area (Å²) < 4.78 is 17.0. The second-order valence-electron chi connectivity index (χ2n) is 6.82. The van der Waals surface area contributed by atoms with E-state index in [0.717, 1.165) is 6.42 Å². The van der Waals surface area contributed by atoms with Gasteiger partial charge in [-0.15, -0.1) is 0 Å². The Morgan fingerprint density at radius 1 is 1.17 bits per heavy atom. The van der Waals surface area contributed by atoms with Crippen LogP contribution in [0.2, 0.25) is 0 Å². The fourth-order valence-electron chi connectivity index (χ4n) is 3.55. The van der Waals surface area contributed by atoms with Crippen molar-refractivity contribution in [2.75, 3.05) is 14.2 Å². The molecule has 0 radical (unpaired) electrons. The molecule has 9 N–H and O–H groups in total. The standard InChI is InChI=1S/C15H32N4O5/c1-6(16)8-5-4-7(17)15(23-8)24-13-9(18)11(20)14(22-3)10(19-2)12(13)21/h6-15,19-21H,4-5,16-18H2,1-3H3/t6-,7+,8-,9-,10+,11-,12+,13-,14-,15+/m0/s1. The van der Waals surface area contributed by atoms with Crippen molar-refractivity contribution in [2.24, 2.45) is 17.2 Å². The number of likely N-dealkylation sites (N-methyl/N-ethyl adjacent to an activating group) is 1. The highest BCUT2D eigenvalue weighted by atomic mass is 16.7. The summed E-state index contributed by atoms with van der Waals surface area (Å²) in [5.74, 6) is 0. The van der Waals surface area contributed by atoms with Gasteiger partial charge in [-0.05, 0) is 26.8 Å². The van der Waals surface area contributed by atoms with Crippen LogP contribution in [0.25, 0.3) is 0 Å². The van der Waals surface area contributed by atoms with E-state index in [2.05, 4.69) is 5.32 Å². The van der Waals surface area contributed by atoms with Crippen LogP contribution in [0.1, 0.15) is 19.8 Å². The number of aliphatic hydroxyl groups excluding tert-OH is 2. The van der Waals surface area contributed by atoms with E-state index in [1.807, 2.05) is 6.92 Å². The lowest BCUT2D eigenvalue weighted by Gasteiger charge is -2.47. The summed E-state index contributed by atoms with van der Waals surface area (Å²) in [6.45, 7) is 1.86. The molecule has 9 nitrogen and oxygen atoms in total. The van der Waals surface area contributed by atoms with Crippen LogP contribution in [-0.2, 0) is 14.2 Å². The molecule has 1 saturated carbocycles. The van der Waals surface area contributed by atoms with Crippen molar-refractivity contribution in [3.63, 3.8) is 0 Å². The Hall–Kier alpha value is -0.360. The molecule has 2 fully saturated rings. The maximum Gasteiger partial charge on any atom is 0.173 e. The number of rotatable bonds is 5. The quantitative estimate of drug-likeness (QED) is 0.309. The third-order valence-corrected chi connectivity index (χ3v) is 5.10. The topological polar surface area (TPSA) is 158 Å². The lowest BCUT2D eigenvalue weighted by molar-refractivity contribution is -0.262. The first-order chi connectivity index (χ1) is 11.3. The van der Waals surface area contributed by atoms with E-state index >= 15 is 0 Å². The van der Waals surface area contributed by atoms with Gasteiger partial charge in [0.1, 0.15) is 12.2 Å². The molecule has 142 valence electrons. The molecule has 1 aliphatic heterocycles. The molecule has 1 heterocycles. The molecule has 2 rings (SSSR count). The summed E-state index contributed by atoms with van der Waals surface area (Å²) in [6, 6.07) is -1.85. The highest BCUT2D eigenvalue weighted by Gasteiger charge is 2.50. The molecule has 9 heteroatoms.